The van der Waals surface area contributed by atoms with Crippen molar-refractivity contribution in [2.45, 2.75) is 44.8 Å². The number of nitrogens with one attached hydrogen (secondary N) is 1. The first-order valence-corrected chi connectivity index (χ1v) is 11.2. The Bertz CT molecular complexity index is 1050. The molecule has 10 nitrogen and oxygen atoms in total. The van der Waals surface area contributed by atoms with Crippen LogP contribution in [0.5, 0.6) is 0 Å². The van der Waals surface area contributed by atoms with Gasteiger partial charge in [0.2, 0.25) is 0 Å². The predicted molar refractivity (Wildman–Crippen MR) is 126 cm³/mol. The van der Waals surface area contributed by atoms with Gasteiger partial charge in [0.1, 0.15) is 5.69 Å². The van der Waals surface area contributed by atoms with Crippen molar-refractivity contribution in [3.05, 3.63) is 55.0 Å². The highest BCUT2D eigenvalue weighted by Gasteiger charge is 2.42. The van der Waals surface area contributed by atoms with E-state index in [0.717, 1.165) is 70.0 Å². The number of para-hydroxylation sites is 1. The van der Waals surface area contributed by atoms with E-state index in [9.17, 15) is 0 Å². The zero-order valence-corrected chi connectivity index (χ0v) is 19.4. The summed E-state index contributed by atoms with van der Waals surface area (Å²) < 4.78 is 10.5. The number of rotatable bonds is 3. The highest BCUT2D eigenvalue weighted by atomic mass is 16.5. The van der Waals surface area contributed by atoms with E-state index in [4.69, 9.17) is 24.5 Å². The fraction of sp³-hybridized carbons (Fsp3) is 0.417. The number of carbonyl (C=O) groups is 2. The van der Waals surface area contributed by atoms with Crippen LogP contribution in [0.2, 0.25) is 0 Å². The van der Waals surface area contributed by atoms with Gasteiger partial charge in [-0.1, -0.05) is 18.2 Å². The van der Waals surface area contributed by atoms with E-state index in [1.54, 1.807) is 0 Å². The number of carboxylic acid groups (broad SMARTS) is 2. The van der Waals surface area contributed by atoms with Crippen LogP contribution in [0, 0.1) is 0 Å². The standard InChI is InChI=1S/C20H23N5O.2C2H4O2/c1-2-4-16(5-3-1)25-18(6-9-23-25)19-22-12-13-24(19)17-14-20(26-15-17)7-10-21-11-8-20;2*1-2(3)4/h1-6,9,12-13,17,21H,7-8,10-11,14-15H2;2*1H3,(H,3,4). The van der Waals surface area contributed by atoms with Crippen LogP contribution in [0.1, 0.15) is 39.2 Å². The third-order valence-corrected chi connectivity index (χ3v) is 5.64. The molecule has 1 atom stereocenters. The van der Waals surface area contributed by atoms with Crippen LogP contribution in [-0.4, -0.2) is 66.8 Å². The van der Waals surface area contributed by atoms with Crippen molar-refractivity contribution < 1.29 is 24.5 Å². The fourth-order valence-corrected chi connectivity index (χ4v) is 4.28. The molecule has 2 aliphatic heterocycles. The number of benzene rings is 1. The van der Waals surface area contributed by atoms with Gasteiger partial charge in [-0.05, 0) is 50.6 Å². The predicted octanol–water partition coefficient (Wildman–Crippen LogP) is 3.00. The number of hydrogen-bond donors (Lipinski definition) is 3. The molecule has 2 aromatic heterocycles. The molecule has 1 spiro atoms. The maximum absolute atomic E-state index is 9.00. The van der Waals surface area contributed by atoms with Gasteiger partial charge in [-0.3, -0.25) is 9.59 Å². The van der Waals surface area contributed by atoms with Gasteiger partial charge in [0, 0.05) is 26.2 Å². The van der Waals surface area contributed by atoms with Gasteiger partial charge in [0.05, 0.1) is 30.1 Å². The lowest BCUT2D eigenvalue weighted by molar-refractivity contribution is -0.135. The molecule has 1 unspecified atom stereocenters. The summed E-state index contributed by atoms with van der Waals surface area (Å²) in [4.78, 5) is 22.7. The van der Waals surface area contributed by atoms with E-state index < -0.39 is 11.9 Å². The van der Waals surface area contributed by atoms with Crippen molar-refractivity contribution in [2.24, 2.45) is 0 Å². The van der Waals surface area contributed by atoms with Crippen molar-refractivity contribution in [2.75, 3.05) is 19.7 Å². The van der Waals surface area contributed by atoms with Crippen LogP contribution in [0.4, 0.5) is 0 Å². The quantitative estimate of drug-likeness (QED) is 0.533. The second-order valence-corrected chi connectivity index (χ2v) is 8.26. The Kier molecular flexibility index (Phi) is 8.55. The Morgan fingerprint density at radius 1 is 1.06 bits per heavy atom. The molecule has 4 heterocycles. The van der Waals surface area contributed by atoms with E-state index in [1.165, 1.54) is 0 Å². The van der Waals surface area contributed by atoms with Crippen molar-refractivity contribution in [1.29, 1.82) is 0 Å². The summed E-state index contributed by atoms with van der Waals surface area (Å²) in [6.45, 7) is 5.01. The molecule has 0 amide bonds. The molecular weight excluding hydrogens is 438 g/mol. The number of imidazole rings is 1. The SMILES string of the molecule is CC(=O)O.CC(=O)O.c1ccc(-n2nccc2-c2nccn2C2COC3(CCNCC3)C2)cc1. The second kappa shape index (κ2) is 11.6. The molecule has 2 saturated heterocycles. The molecule has 5 rings (SSSR count). The lowest BCUT2D eigenvalue weighted by Gasteiger charge is -2.33. The fourth-order valence-electron chi connectivity index (χ4n) is 4.28. The van der Waals surface area contributed by atoms with Gasteiger partial charge < -0.3 is 24.8 Å². The second-order valence-electron chi connectivity index (χ2n) is 8.26. The molecule has 2 aliphatic rings. The first-order valence-electron chi connectivity index (χ1n) is 11.2. The Labute approximate surface area is 198 Å². The van der Waals surface area contributed by atoms with Gasteiger partial charge in [-0.2, -0.15) is 5.10 Å². The van der Waals surface area contributed by atoms with Crippen LogP contribution in [0.25, 0.3) is 17.2 Å². The number of carboxylic acids is 2. The minimum absolute atomic E-state index is 0.0388. The zero-order valence-electron chi connectivity index (χ0n) is 19.4. The summed E-state index contributed by atoms with van der Waals surface area (Å²) in [5.41, 5.74) is 2.09. The van der Waals surface area contributed by atoms with E-state index in [1.807, 2.05) is 41.3 Å². The summed E-state index contributed by atoms with van der Waals surface area (Å²) in [7, 11) is 0. The average Bonchev–Trinajstić information content (AvgIpc) is 3.53. The van der Waals surface area contributed by atoms with Crippen LogP contribution in [0.3, 0.4) is 0 Å². The van der Waals surface area contributed by atoms with Crippen molar-refractivity contribution in [1.82, 2.24) is 24.6 Å². The molecule has 2 fully saturated rings. The number of aliphatic carboxylic acids is 2. The third kappa shape index (κ3) is 6.52. The van der Waals surface area contributed by atoms with Gasteiger partial charge >= 0.3 is 0 Å². The molecule has 34 heavy (non-hydrogen) atoms. The lowest BCUT2D eigenvalue weighted by Crippen LogP contribution is -2.41. The molecule has 0 bridgehead atoms. The molecule has 182 valence electrons. The minimum Gasteiger partial charge on any atom is -0.481 e. The summed E-state index contributed by atoms with van der Waals surface area (Å²) in [6, 6.07) is 12.5. The normalized spacial score (nSPS) is 18.4. The average molecular weight is 470 g/mol. The number of piperidine rings is 1. The van der Waals surface area contributed by atoms with Crippen LogP contribution in [-0.2, 0) is 14.3 Å². The van der Waals surface area contributed by atoms with Gasteiger partial charge in [-0.25, -0.2) is 9.67 Å². The topological polar surface area (TPSA) is 132 Å². The van der Waals surface area contributed by atoms with Crippen molar-refractivity contribution in [3.63, 3.8) is 0 Å². The van der Waals surface area contributed by atoms with Crippen molar-refractivity contribution in [3.8, 4) is 17.2 Å². The number of aromatic nitrogens is 4. The third-order valence-electron chi connectivity index (χ3n) is 5.64. The Morgan fingerprint density at radius 2 is 1.71 bits per heavy atom. The summed E-state index contributed by atoms with van der Waals surface area (Å²) in [5.74, 6) is -0.717. The highest BCUT2D eigenvalue weighted by Crippen LogP contribution is 2.40. The van der Waals surface area contributed by atoms with Crippen LogP contribution in [0.15, 0.2) is 55.0 Å². The first kappa shape index (κ1) is 25.1. The Balaban J connectivity index is 0.000000355. The Hall–Kier alpha value is -3.50. The Morgan fingerprint density at radius 3 is 2.35 bits per heavy atom. The first-order chi connectivity index (χ1) is 16.3. The van der Waals surface area contributed by atoms with Crippen LogP contribution >= 0.6 is 0 Å². The van der Waals surface area contributed by atoms with Crippen LogP contribution < -0.4 is 5.32 Å². The molecular formula is C24H31N5O5. The zero-order chi connectivity index (χ0) is 24.6. The number of ether oxygens (including phenoxy) is 1. The molecule has 1 aromatic carbocycles. The molecule has 0 saturated carbocycles. The van der Waals surface area contributed by atoms with E-state index in [2.05, 4.69) is 38.3 Å². The molecule has 3 N–H and O–H groups in total. The largest absolute Gasteiger partial charge is 0.481 e. The van der Waals surface area contributed by atoms with Gasteiger partial charge in [0.15, 0.2) is 5.82 Å². The minimum atomic E-state index is -0.833. The van der Waals surface area contributed by atoms with Crippen molar-refractivity contribution >= 4 is 11.9 Å². The number of nitrogens with zero attached hydrogens (tertiary/aromatic N) is 4. The molecule has 0 aliphatic carbocycles. The van der Waals surface area contributed by atoms with E-state index >= 15 is 0 Å². The summed E-state index contributed by atoms with van der Waals surface area (Å²) >= 11 is 0. The smallest absolute Gasteiger partial charge is 0.300 e. The van der Waals surface area contributed by atoms with E-state index in [0.29, 0.717) is 6.04 Å². The molecule has 0 radical (unpaired) electrons. The number of hydrogen-bond acceptors (Lipinski definition) is 6. The van der Waals surface area contributed by atoms with Gasteiger partial charge in [0.25, 0.3) is 11.9 Å². The maximum Gasteiger partial charge on any atom is 0.300 e. The summed E-state index contributed by atoms with van der Waals surface area (Å²) in [6.07, 6.45) is 9.03. The lowest BCUT2D eigenvalue weighted by atomic mass is 9.88. The highest BCUT2D eigenvalue weighted by molar-refractivity contribution is 5.63. The molecule has 3 aromatic rings. The molecule has 10 heteroatoms. The monoisotopic (exact) mass is 469 g/mol. The van der Waals surface area contributed by atoms with E-state index in [-0.39, 0.29) is 5.60 Å². The maximum atomic E-state index is 9.00. The summed E-state index contributed by atoms with van der Waals surface area (Å²) in [5, 5.41) is 22.8. The van der Waals surface area contributed by atoms with Gasteiger partial charge in [-0.15, -0.1) is 0 Å².